The van der Waals surface area contributed by atoms with Crippen LogP contribution in [0.15, 0.2) is 29.3 Å². The fourth-order valence-electron chi connectivity index (χ4n) is 2.72. The molecule has 0 bridgehead atoms. The molecule has 1 aliphatic rings. The molecule has 8 nitrogen and oxygen atoms in total. The van der Waals surface area contributed by atoms with Crippen molar-refractivity contribution in [3.8, 4) is 0 Å². The summed E-state index contributed by atoms with van der Waals surface area (Å²) in [6.45, 7) is 3.04. The molecule has 0 spiro atoms. The number of hydrogen-bond acceptors (Lipinski definition) is 5. The second-order valence-electron chi connectivity index (χ2n) is 6.00. The van der Waals surface area contributed by atoms with Crippen molar-refractivity contribution in [2.75, 3.05) is 0 Å². The number of nitrogens with one attached hydrogen (secondary N) is 3. The third-order valence-corrected chi connectivity index (χ3v) is 4.18. The highest BCUT2D eigenvalue weighted by atomic mass is 19.4. The first-order valence-electron chi connectivity index (χ1n) is 8.08. The van der Waals surface area contributed by atoms with Crippen molar-refractivity contribution in [3.63, 3.8) is 0 Å². The summed E-state index contributed by atoms with van der Waals surface area (Å²) in [5.41, 5.74) is 5.47. The van der Waals surface area contributed by atoms with E-state index in [0.717, 1.165) is 0 Å². The highest BCUT2D eigenvalue weighted by Crippen LogP contribution is 2.23. The third-order valence-electron chi connectivity index (χ3n) is 4.18. The number of alkyl halides is 3. The lowest BCUT2D eigenvalue weighted by Gasteiger charge is -2.08. The molecule has 146 valence electrons. The maximum Gasteiger partial charge on any atom is 0.471 e. The number of rotatable bonds is 4. The summed E-state index contributed by atoms with van der Waals surface area (Å²) in [5.74, 6) is -2.46. The Balaban J connectivity index is 1.89. The molecule has 3 N–H and O–H groups in total. The summed E-state index contributed by atoms with van der Waals surface area (Å²) in [4.78, 5) is 34.3. The number of aryl methyl sites for hydroxylation is 1. The third kappa shape index (κ3) is 3.77. The normalized spacial score (nSPS) is 15.5. The predicted molar refractivity (Wildman–Crippen MR) is 92.9 cm³/mol. The van der Waals surface area contributed by atoms with Crippen molar-refractivity contribution < 1.29 is 22.8 Å². The number of aromatic amines is 1. The second-order valence-corrected chi connectivity index (χ2v) is 6.00. The van der Waals surface area contributed by atoms with Crippen LogP contribution in [0.5, 0.6) is 0 Å². The van der Waals surface area contributed by atoms with Gasteiger partial charge < -0.3 is 10.3 Å². The van der Waals surface area contributed by atoms with E-state index in [0.29, 0.717) is 33.9 Å². The quantitative estimate of drug-likeness (QED) is 0.685. The van der Waals surface area contributed by atoms with Gasteiger partial charge in [-0.05, 0) is 31.1 Å². The van der Waals surface area contributed by atoms with Crippen LogP contribution in [0.3, 0.4) is 0 Å². The number of hydrogen-bond donors (Lipinski definition) is 3. The number of nitrogens with zero attached hydrogens (tertiary/aromatic N) is 3. The van der Waals surface area contributed by atoms with Crippen LogP contribution in [-0.4, -0.2) is 38.7 Å². The largest absolute Gasteiger partial charge is 0.471 e. The topological polar surface area (TPSA) is 112 Å². The number of halogens is 3. The molecule has 1 aliphatic heterocycles. The maximum atomic E-state index is 12.4. The van der Waals surface area contributed by atoms with E-state index in [9.17, 15) is 22.8 Å². The molecule has 0 atom stereocenters. The number of carbonyl (C=O) groups is 2. The van der Waals surface area contributed by atoms with Crippen LogP contribution in [0.25, 0.3) is 6.08 Å². The zero-order valence-corrected chi connectivity index (χ0v) is 14.8. The Morgan fingerprint density at radius 3 is 2.68 bits per heavy atom. The van der Waals surface area contributed by atoms with Crippen molar-refractivity contribution in [1.82, 2.24) is 25.7 Å². The van der Waals surface area contributed by atoms with E-state index >= 15 is 0 Å². The average molecular weight is 392 g/mol. The van der Waals surface area contributed by atoms with E-state index in [-0.39, 0.29) is 12.1 Å². The summed E-state index contributed by atoms with van der Waals surface area (Å²) in [6.07, 6.45) is 0.986. The van der Waals surface area contributed by atoms with Gasteiger partial charge >= 0.3 is 12.1 Å². The Kier molecular flexibility index (Phi) is 4.99. The molecular weight excluding hydrogens is 377 g/mol. The number of aromatic nitrogens is 3. The van der Waals surface area contributed by atoms with Crippen LogP contribution in [0, 0.1) is 13.8 Å². The lowest BCUT2D eigenvalue weighted by atomic mass is 10.0. The van der Waals surface area contributed by atoms with E-state index in [2.05, 4.69) is 25.5 Å². The number of amides is 2. The molecule has 2 amide bonds. The maximum absolute atomic E-state index is 12.4. The minimum absolute atomic E-state index is 0.232. The Morgan fingerprint density at radius 1 is 1.29 bits per heavy atom. The van der Waals surface area contributed by atoms with Crippen molar-refractivity contribution in [1.29, 1.82) is 0 Å². The molecule has 0 saturated heterocycles. The summed E-state index contributed by atoms with van der Waals surface area (Å²) < 4.78 is 37.1. The summed E-state index contributed by atoms with van der Waals surface area (Å²) in [7, 11) is 0. The molecule has 0 aromatic carbocycles. The lowest BCUT2D eigenvalue weighted by Crippen LogP contribution is -2.36. The molecule has 2 aromatic heterocycles. The zero-order valence-electron chi connectivity index (χ0n) is 14.8. The van der Waals surface area contributed by atoms with Crippen LogP contribution in [0.1, 0.15) is 28.2 Å². The highest BCUT2D eigenvalue weighted by molar-refractivity contribution is 6.32. The van der Waals surface area contributed by atoms with Crippen molar-refractivity contribution >= 4 is 23.6 Å². The first kappa shape index (κ1) is 19.3. The van der Waals surface area contributed by atoms with Crippen LogP contribution in [-0.2, 0) is 16.1 Å². The minimum atomic E-state index is -4.95. The van der Waals surface area contributed by atoms with Crippen LogP contribution >= 0.6 is 0 Å². The Hall–Kier alpha value is -3.50. The van der Waals surface area contributed by atoms with Gasteiger partial charge in [0.2, 0.25) is 0 Å². The van der Waals surface area contributed by atoms with Crippen molar-refractivity contribution in [3.05, 3.63) is 52.4 Å². The number of H-pyrrole nitrogens is 1. The van der Waals surface area contributed by atoms with Crippen LogP contribution in [0.2, 0.25) is 0 Å². The molecule has 11 heteroatoms. The molecule has 3 rings (SSSR count). The molecule has 2 aromatic rings. The van der Waals surface area contributed by atoms with Crippen molar-refractivity contribution in [2.24, 2.45) is 5.10 Å². The van der Waals surface area contributed by atoms with E-state index < -0.39 is 18.0 Å². The summed E-state index contributed by atoms with van der Waals surface area (Å²) in [5, 5.41) is 5.81. The van der Waals surface area contributed by atoms with Gasteiger partial charge in [0.15, 0.2) is 0 Å². The van der Waals surface area contributed by atoms with Gasteiger partial charge in [0, 0.05) is 30.3 Å². The molecule has 0 unspecified atom stereocenters. The molecule has 3 heterocycles. The van der Waals surface area contributed by atoms with Gasteiger partial charge in [-0.1, -0.05) is 0 Å². The van der Waals surface area contributed by atoms with E-state index in [1.807, 2.05) is 5.32 Å². The summed E-state index contributed by atoms with van der Waals surface area (Å²) >= 11 is 0. The highest BCUT2D eigenvalue weighted by Gasteiger charge is 2.38. The molecule has 0 aliphatic carbocycles. The van der Waals surface area contributed by atoms with Crippen molar-refractivity contribution in [2.45, 2.75) is 26.6 Å². The smallest absolute Gasteiger partial charge is 0.359 e. The zero-order chi connectivity index (χ0) is 20.5. The van der Waals surface area contributed by atoms with Gasteiger partial charge in [-0.2, -0.15) is 18.3 Å². The van der Waals surface area contributed by atoms with Gasteiger partial charge in [-0.25, -0.2) is 5.43 Å². The Morgan fingerprint density at radius 2 is 2.04 bits per heavy atom. The average Bonchev–Trinajstić information content (AvgIpc) is 3.13. The lowest BCUT2D eigenvalue weighted by molar-refractivity contribution is -0.173. The fourth-order valence-corrected chi connectivity index (χ4v) is 2.72. The van der Waals surface area contributed by atoms with Gasteiger partial charge in [-0.3, -0.25) is 19.6 Å². The van der Waals surface area contributed by atoms with Crippen LogP contribution < -0.4 is 10.7 Å². The first-order chi connectivity index (χ1) is 13.2. The van der Waals surface area contributed by atoms with Crippen LogP contribution in [0.4, 0.5) is 13.2 Å². The van der Waals surface area contributed by atoms with Gasteiger partial charge in [-0.15, -0.1) is 0 Å². The van der Waals surface area contributed by atoms with E-state index in [4.69, 9.17) is 0 Å². The molecule has 0 radical (unpaired) electrons. The number of hydrazone groups is 1. The predicted octanol–water partition coefficient (Wildman–Crippen LogP) is 1.52. The molecule has 0 fully saturated rings. The van der Waals surface area contributed by atoms with Gasteiger partial charge in [0.1, 0.15) is 11.4 Å². The Labute approximate surface area is 157 Å². The summed E-state index contributed by atoms with van der Waals surface area (Å²) in [6, 6.07) is 0. The molecular formula is C17H15F3N6O2. The molecule has 0 saturated carbocycles. The number of carbonyl (C=O) groups excluding carboxylic acids is 2. The Bertz CT molecular complexity index is 992. The first-order valence-corrected chi connectivity index (χ1v) is 8.08. The minimum Gasteiger partial charge on any atom is -0.359 e. The molecule has 28 heavy (non-hydrogen) atoms. The van der Waals surface area contributed by atoms with Gasteiger partial charge in [0.25, 0.3) is 5.91 Å². The van der Waals surface area contributed by atoms with E-state index in [1.54, 1.807) is 13.8 Å². The fraction of sp³-hybridized carbons (Fsp3) is 0.235. The van der Waals surface area contributed by atoms with Gasteiger partial charge in [0.05, 0.1) is 11.8 Å². The van der Waals surface area contributed by atoms with E-state index in [1.165, 1.54) is 24.7 Å². The SMILES string of the molecule is Cc1[nH]c(C=C2C(=O)NN=C2c2cnccn2)c(C)c1CNC(=O)C(F)(F)F. The monoisotopic (exact) mass is 392 g/mol. The second kappa shape index (κ2) is 7.25. The standard InChI is InChI=1S/C17H15F3N6O2/c1-8-11(6-23-16(28)17(18,19)20)9(2)24-12(8)5-10-14(25-26-15(10)27)13-7-21-3-4-22-13/h3-5,7,24H,6H2,1-2H3,(H,23,28)(H,26,27).